The molecule has 1 aliphatic rings. The molecule has 25 heavy (non-hydrogen) atoms. The lowest BCUT2D eigenvalue weighted by Crippen LogP contribution is -2.48. The summed E-state index contributed by atoms with van der Waals surface area (Å²) < 4.78 is 5.15. The standard InChI is InChI=1S/C19H22N2O3.ClH/c1-24-16-8-4-7-14(9-16)18(22)12-21-19(23)17-10-13-5-2-3-6-15(13)11-20-17;/h2-9,17-18,20,22H,10-12H2,1H3,(H,21,23);1H. The van der Waals surface area contributed by atoms with Crippen LogP contribution in [0.25, 0.3) is 0 Å². The van der Waals surface area contributed by atoms with Crippen molar-refractivity contribution in [1.29, 1.82) is 0 Å². The number of hydrogen-bond donors (Lipinski definition) is 3. The summed E-state index contributed by atoms with van der Waals surface area (Å²) >= 11 is 0. The van der Waals surface area contributed by atoms with Gasteiger partial charge in [-0.2, -0.15) is 0 Å². The van der Waals surface area contributed by atoms with Gasteiger partial charge in [-0.05, 0) is 35.2 Å². The smallest absolute Gasteiger partial charge is 0.237 e. The molecule has 5 nitrogen and oxygen atoms in total. The molecular formula is C19H23ClN2O3. The van der Waals surface area contributed by atoms with Crippen molar-refractivity contribution in [3.8, 4) is 5.75 Å². The summed E-state index contributed by atoms with van der Waals surface area (Å²) in [5.41, 5.74) is 3.15. The van der Waals surface area contributed by atoms with Crippen molar-refractivity contribution in [1.82, 2.24) is 10.6 Å². The first kappa shape index (κ1) is 19.2. The van der Waals surface area contributed by atoms with Crippen LogP contribution in [0.15, 0.2) is 48.5 Å². The Morgan fingerprint density at radius 3 is 2.80 bits per heavy atom. The molecule has 0 radical (unpaired) electrons. The number of aliphatic hydroxyl groups excluding tert-OH is 1. The third kappa shape index (κ3) is 4.72. The summed E-state index contributed by atoms with van der Waals surface area (Å²) in [6.07, 6.45) is -0.100. The van der Waals surface area contributed by atoms with Crippen LogP contribution in [0.5, 0.6) is 5.75 Å². The highest BCUT2D eigenvalue weighted by atomic mass is 35.5. The molecule has 6 heteroatoms. The summed E-state index contributed by atoms with van der Waals surface area (Å²) in [4.78, 5) is 12.4. The van der Waals surface area contributed by atoms with Gasteiger partial charge in [0.05, 0.1) is 19.3 Å². The van der Waals surface area contributed by atoms with E-state index in [0.29, 0.717) is 18.7 Å². The number of aliphatic hydroxyl groups is 1. The number of methoxy groups -OCH3 is 1. The molecule has 0 aliphatic carbocycles. The monoisotopic (exact) mass is 362 g/mol. The highest BCUT2D eigenvalue weighted by Gasteiger charge is 2.24. The topological polar surface area (TPSA) is 70.6 Å². The molecule has 0 saturated carbocycles. The number of fused-ring (bicyclic) bond motifs is 1. The first-order valence-electron chi connectivity index (χ1n) is 8.07. The molecule has 2 unspecified atom stereocenters. The average Bonchev–Trinajstić information content (AvgIpc) is 2.65. The molecule has 2 atom stereocenters. The number of benzene rings is 2. The molecule has 0 bridgehead atoms. The van der Waals surface area contributed by atoms with Crippen LogP contribution in [0.1, 0.15) is 22.8 Å². The van der Waals surface area contributed by atoms with Crippen LogP contribution < -0.4 is 15.4 Å². The second-order valence-electron chi connectivity index (χ2n) is 5.94. The molecule has 2 aromatic rings. The largest absolute Gasteiger partial charge is 0.497 e. The lowest BCUT2D eigenvalue weighted by Gasteiger charge is -2.25. The molecule has 3 rings (SSSR count). The molecule has 1 heterocycles. The van der Waals surface area contributed by atoms with E-state index >= 15 is 0 Å². The molecule has 0 saturated heterocycles. The Morgan fingerprint density at radius 2 is 2.04 bits per heavy atom. The first-order chi connectivity index (χ1) is 11.7. The highest BCUT2D eigenvalue weighted by Crippen LogP contribution is 2.19. The lowest BCUT2D eigenvalue weighted by molar-refractivity contribution is -0.123. The summed E-state index contributed by atoms with van der Waals surface area (Å²) in [6.45, 7) is 0.860. The van der Waals surface area contributed by atoms with E-state index in [1.165, 1.54) is 11.1 Å². The maximum atomic E-state index is 12.4. The van der Waals surface area contributed by atoms with Crippen LogP contribution in [0.4, 0.5) is 0 Å². The summed E-state index contributed by atoms with van der Waals surface area (Å²) in [6, 6.07) is 15.1. The van der Waals surface area contributed by atoms with Gasteiger partial charge in [0.2, 0.25) is 5.91 Å². The fourth-order valence-electron chi connectivity index (χ4n) is 2.93. The maximum absolute atomic E-state index is 12.4. The predicted octanol–water partition coefficient (Wildman–Crippen LogP) is 1.98. The van der Waals surface area contributed by atoms with Crippen molar-refractivity contribution in [2.45, 2.75) is 25.1 Å². The fourth-order valence-corrected chi connectivity index (χ4v) is 2.93. The van der Waals surface area contributed by atoms with Gasteiger partial charge in [0.1, 0.15) is 5.75 Å². The second kappa shape index (κ2) is 8.85. The van der Waals surface area contributed by atoms with E-state index in [1.807, 2.05) is 30.3 Å². The number of amides is 1. The van der Waals surface area contributed by atoms with Gasteiger partial charge < -0.3 is 20.5 Å². The van der Waals surface area contributed by atoms with Gasteiger partial charge in [0, 0.05) is 13.1 Å². The molecule has 0 fully saturated rings. The minimum absolute atomic E-state index is 0. The molecule has 1 amide bonds. The van der Waals surface area contributed by atoms with E-state index in [4.69, 9.17) is 4.74 Å². The number of rotatable bonds is 5. The van der Waals surface area contributed by atoms with E-state index in [2.05, 4.69) is 22.8 Å². The van der Waals surface area contributed by atoms with Crippen LogP contribution in [-0.2, 0) is 17.8 Å². The molecular weight excluding hydrogens is 340 g/mol. The van der Waals surface area contributed by atoms with Crippen LogP contribution in [0.3, 0.4) is 0 Å². The third-order valence-electron chi connectivity index (χ3n) is 4.35. The average molecular weight is 363 g/mol. The van der Waals surface area contributed by atoms with E-state index in [9.17, 15) is 9.90 Å². The first-order valence-corrected chi connectivity index (χ1v) is 8.07. The zero-order valence-electron chi connectivity index (χ0n) is 14.1. The van der Waals surface area contributed by atoms with Crippen LogP contribution in [0, 0.1) is 0 Å². The van der Waals surface area contributed by atoms with E-state index in [1.54, 1.807) is 13.2 Å². The zero-order chi connectivity index (χ0) is 16.9. The van der Waals surface area contributed by atoms with Crippen molar-refractivity contribution in [3.63, 3.8) is 0 Å². The zero-order valence-corrected chi connectivity index (χ0v) is 14.9. The summed E-state index contributed by atoms with van der Waals surface area (Å²) in [7, 11) is 1.58. The number of carbonyl (C=O) groups is 1. The SMILES string of the molecule is COc1cccc(C(O)CNC(=O)C2Cc3ccccc3CN2)c1.Cl. The van der Waals surface area contributed by atoms with Crippen molar-refractivity contribution >= 4 is 18.3 Å². The quantitative estimate of drug-likeness (QED) is 0.760. The van der Waals surface area contributed by atoms with Gasteiger partial charge in [-0.15, -0.1) is 12.4 Å². The second-order valence-corrected chi connectivity index (χ2v) is 5.94. The van der Waals surface area contributed by atoms with Crippen LogP contribution in [-0.4, -0.2) is 30.7 Å². The third-order valence-corrected chi connectivity index (χ3v) is 4.35. The number of halogens is 1. The Labute approximate surface area is 153 Å². The molecule has 2 aromatic carbocycles. The fraction of sp³-hybridized carbons (Fsp3) is 0.316. The number of carbonyl (C=O) groups excluding carboxylic acids is 1. The van der Waals surface area contributed by atoms with Crippen LogP contribution >= 0.6 is 12.4 Å². The number of nitrogens with one attached hydrogen (secondary N) is 2. The summed E-state index contributed by atoms with van der Waals surface area (Å²) in [5, 5.41) is 16.3. The van der Waals surface area contributed by atoms with Gasteiger partial charge in [-0.1, -0.05) is 36.4 Å². The van der Waals surface area contributed by atoms with Gasteiger partial charge in [-0.25, -0.2) is 0 Å². The molecule has 1 aliphatic heterocycles. The highest BCUT2D eigenvalue weighted by molar-refractivity contribution is 5.85. The van der Waals surface area contributed by atoms with Crippen molar-refractivity contribution in [3.05, 3.63) is 65.2 Å². The van der Waals surface area contributed by atoms with Gasteiger partial charge in [0.25, 0.3) is 0 Å². The molecule has 3 N–H and O–H groups in total. The normalized spacial score (nSPS) is 17.0. The lowest BCUT2D eigenvalue weighted by atomic mass is 9.95. The van der Waals surface area contributed by atoms with Gasteiger partial charge >= 0.3 is 0 Å². The minimum atomic E-state index is -0.764. The molecule has 0 spiro atoms. The Kier molecular flexibility index (Phi) is 6.82. The Hall–Kier alpha value is -2.08. The van der Waals surface area contributed by atoms with Crippen molar-refractivity contribution in [2.75, 3.05) is 13.7 Å². The van der Waals surface area contributed by atoms with Gasteiger partial charge in [-0.3, -0.25) is 4.79 Å². The van der Waals surface area contributed by atoms with E-state index in [-0.39, 0.29) is 30.9 Å². The number of ether oxygens (including phenoxy) is 1. The molecule has 134 valence electrons. The van der Waals surface area contributed by atoms with E-state index < -0.39 is 6.10 Å². The Bertz CT molecular complexity index is 723. The van der Waals surface area contributed by atoms with Crippen LogP contribution in [0.2, 0.25) is 0 Å². The van der Waals surface area contributed by atoms with Crippen molar-refractivity contribution in [2.24, 2.45) is 0 Å². The maximum Gasteiger partial charge on any atom is 0.237 e. The number of hydrogen-bond acceptors (Lipinski definition) is 4. The Balaban J connectivity index is 0.00000225. The predicted molar refractivity (Wildman–Crippen MR) is 99.0 cm³/mol. The minimum Gasteiger partial charge on any atom is -0.497 e. The molecule has 0 aromatic heterocycles. The Morgan fingerprint density at radius 1 is 1.28 bits per heavy atom. The van der Waals surface area contributed by atoms with Crippen molar-refractivity contribution < 1.29 is 14.6 Å². The van der Waals surface area contributed by atoms with E-state index in [0.717, 1.165) is 5.56 Å². The van der Waals surface area contributed by atoms with Gasteiger partial charge in [0.15, 0.2) is 0 Å². The summed E-state index contributed by atoms with van der Waals surface area (Å²) in [5.74, 6) is 0.592.